The number of amidine groups is 1. The van der Waals surface area contributed by atoms with Crippen LogP contribution in [0.1, 0.15) is 43.7 Å². The quantitative estimate of drug-likeness (QED) is 0.335. The molecular weight excluding hydrogens is 250 g/mol. The SMILES string of the molecule is CC1CCCCC1CNCc1ccc(C(N)=NO)cc1. The Bertz CT molecular complexity index is 442. The number of hydrogen-bond donors (Lipinski definition) is 3. The predicted molar refractivity (Wildman–Crippen MR) is 81.8 cm³/mol. The predicted octanol–water partition coefficient (Wildman–Crippen LogP) is 2.70. The molecule has 0 radical (unpaired) electrons. The van der Waals surface area contributed by atoms with Gasteiger partial charge in [0.05, 0.1) is 0 Å². The smallest absolute Gasteiger partial charge is 0.170 e. The Hall–Kier alpha value is -1.55. The first-order chi connectivity index (χ1) is 9.70. The zero-order valence-electron chi connectivity index (χ0n) is 12.2. The summed E-state index contributed by atoms with van der Waals surface area (Å²) in [4.78, 5) is 0. The van der Waals surface area contributed by atoms with Gasteiger partial charge in [-0.05, 0) is 30.4 Å². The van der Waals surface area contributed by atoms with Crippen molar-refractivity contribution < 1.29 is 5.21 Å². The first-order valence-corrected chi connectivity index (χ1v) is 7.48. The molecular formula is C16H25N3O. The van der Waals surface area contributed by atoms with E-state index in [0.29, 0.717) is 0 Å². The minimum absolute atomic E-state index is 0.153. The van der Waals surface area contributed by atoms with Gasteiger partial charge in [0.1, 0.15) is 0 Å². The van der Waals surface area contributed by atoms with E-state index in [-0.39, 0.29) is 5.84 Å². The standard InChI is InChI=1S/C16H25N3O/c1-12-4-2-3-5-15(12)11-18-10-13-6-8-14(9-7-13)16(17)19-20/h6-9,12,15,18,20H,2-5,10-11H2,1H3,(H2,17,19). The van der Waals surface area contributed by atoms with Crippen molar-refractivity contribution in [3.05, 3.63) is 35.4 Å². The Balaban J connectivity index is 1.79. The maximum atomic E-state index is 8.62. The first-order valence-electron chi connectivity index (χ1n) is 7.48. The van der Waals surface area contributed by atoms with Crippen LogP contribution in [-0.4, -0.2) is 17.6 Å². The van der Waals surface area contributed by atoms with Crippen LogP contribution in [0.5, 0.6) is 0 Å². The molecule has 0 bridgehead atoms. The molecule has 0 heterocycles. The second-order valence-corrected chi connectivity index (χ2v) is 5.83. The molecule has 0 aromatic heterocycles. The van der Waals surface area contributed by atoms with Gasteiger partial charge in [0.2, 0.25) is 0 Å². The van der Waals surface area contributed by atoms with Crippen molar-refractivity contribution in [1.29, 1.82) is 0 Å². The normalized spacial score (nSPS) is 23.8. The number of hydrogen-bond acceptors (Lipinski definition) is 3. The summed E-state index contributed by atoms with van der Waals surface area (Å²) in [5.74, 6) is 1.82. The minimum atomic E-state index is 0.153. The van der Waals surface area contributed by atoms with Crippen LogP contribution in [0.25, 0.3) is 0 Å². The number of nitrogens with zero attached hydrogens (tertiary/aromatic N) is 1. The second-order valence-electron chi connectivity index (χ2n) is 5.83. The summed E-state index contributed by atoms with van der Waals surface area (Å²) in [7, 11) is 0. The molecule has 1 aliphatic rings. The topological polar surface area (TPSA) is 70.6 Å². The van der Waals surface area contributed by atoms with Crippen molar-refractivity contribution in [2.75, 3.05) is 6.54 Å². The lowest BCUT2D eigenvalue weighted by Crippen LogP contribution is -2.29. The van der Waals surface area contributed by atoms with Crippen molar-refractivity contribution >= 4 is 5.84 Å². The van der Waals surface area contributed by atoms with E-state index in [4.69, 9.17) is 10.9 Å². The van der Waals surface area contributed by atoms with Gasteiger partial charge in [-0.3, -0.25) is 0 Å². The summed E-state index contributed by atoms with van der Waals surface area (Å²) in [5, 5.41) is 15.2. The molecule has 20 heavy (non-hydrogen) atoms. The maximum absolute atomic E-state index is 8.62. The maximum Gasteiger partial charge on any atom is 0.170 e. The molecule has 0 saturated heterocycles. The number of rotatable bonds is 5. The molecule has 0 aliphatic heterocycles. The van der Waals surface area contributed by atoms with Crippen molar-refractivity contribution in [3.8, 4) is 0 Å². The summed E-state index contributed by atoms with van der Waals surface area (Å²) in [6.07, 6.45) is 5.51. The highest BCUT2D eigenvalue weighted by Gasteiger charge is 2.20. The van der Waals surface area contributed by atoms with Crippen LogP contribution in [0.2, 0.25) is 0 Å². The summed E-state index contributed by atoms with van der Waals surface area (Å²) in [6, 6.07) is 7.81. The Labute approximate surface area is 121 Å². The molecule has 1 aromatic rings. The van der Waals surface area contributed by atoms with Gasteiger partial charge in [-0.2, -0.15) is 0 Å². The van der Waals surface area contributed by atoms with Crippen molar-refractivity contribution in [3.63, 3.8) is 0 Å². The van der Waals surface area contributed by atoms with Crippen LogP contribution in [-0.2, 0) is 6.54 Å². The van der Waals surface area contributed by atoms with Crippen LogP contribution in [0.3, 0.4) is 0 Å². The molecule has 0 spiro atoms. The second kappa shape index (κ2) is 7.29. The fourth-order valence-electron chi connectivity index (χ4n) is 2.95. The van der Waals surface area contributed by atoms with Crippen molar-refractivity contribution in [2.45, 2.75) is 39.2 Å². The van der Waals surface area contributed by atoms with Gasteiger partial charge in [0.25, 0.3) is 0 Å². The molecule has 2 atom stereocenters. The first kappa shape index (κ1) is 14.9. The lowest BCUT2D eigenvalue weighted by atomic mass is 9.80. The highest BCUT2D eigenvalue weighted by atomic mass is 16.4. The van der Waals surface area contributed by atoms with Crippen LogP contribution < -0.4 is 11.1 Å². The third-order valence-corrected chi connectivity index (χ3v) is 4.38. The fraction of sp³-hybridized carbons (Fsp3) is 0.562. The highest BCUT2D eigenvalue weighted by Crippen LogP contribution is 2.28. The van der Waals surface area contributed by atoms with Crippen LogP contribution in [0.15, 0.2) is 29.4 Å². The van der Waals surface area contributed by atoms with E-state index in [1.807, 2.05) is 24.3 Å². The molecule has 2 unspecified atom stereocenters. The van der Waals surface area contributed by atoms with E-state index < -0.39 is 0 Å². The number of benzene rings is 1. The molecule has 2 rings (SSSR count). The molecule has 1 aliphatic carbocycles. The van der Waals surface area contributed by atoms with Gasteiger partial charge in [-0.25, -0.2) is 0 Å². The lowest BCUT2D eigenvalue weighted by molar-refractivity contribution is 0.247. The Morgan fingerprint density at radius 3 is 2.65 bits per heavy atom. The van der Waals surface area contributed by atoms with Crippen LogP contribution >= 0.6 is 0 Å². The van der Waals surface area contributed by atoms with Gasteiger partial charge in [0.15, 0.2) is 5.84 Å². The van der Waals surface area contributed by atoms with E-state index >= 15 is 0 Å². The van der Waals surface area contributed by atoms with Gasteiger partial charge in [-0.15, -0.1) is 0 Å². The average Bonchev–Trinajstić information content (AvgIpc) is 2.49. The zero-order valence-corrected chi connectivity index (χ0v) is 12.2. The van der Waals surface area contributed by atoms with Crippen LogP contribution in [0, 0.1) is 11.8 Å². The molecule has 110 valence electrons. The van der Waals surface area contributed by atoms with E-state index in [1.54, 1.807) is 0 Å². The number of nitrogens with two attached hydrogens (primary N) is 1. The van der Waals surface area contributed by atoms with Crippen LogP contribution in [0.4, 0.5) is 0 Å². The molecule has 1 aromatic carbocycles. The summed E-state index contributed by atoms with van der Waals surface area (Å²) >= 11 is 0. The lowest BCUT2D eigenvalue weighted by Gasteiger charge is -2.28. The van der Waals surface area contributed by atoms with Crippen molar-refractivity contribution in [1.82, 2.24) is 5.32 Å². The third-order valence-electron chi connectivity index (χ3n) is 4.38. The number of nitrogens with one attached hydrogen (secondary N) is 1. The average molecular weight is 275 g/mol. The Morgan fingerprint density at radius 1 is 1.30 bits per heavy atom. The van der Waals surface area contributed by atoms with Gasteiger partial charge >= 0.3 is 0 Å². The number of oxime groups is 1. The van der Waals surface area contributed by atoms with E-state index in [2.05, 4.69) is 17.4 Å². The summed E-state index contributed by atoms with van der Waals surface area (Å²) < 4.78 is 0. The minimum Gasteiger partial charge on any atom is -0.409 e. The summed E-state index contributed by atoms with van der Waals surface area (Å²) in [5.41, 5.74) is 7.51. The van der Waals surface area contributed by atoms with Gasteiger partial charge in [-0.1, -0.05) is 55.6 Å². The molecule has 4 N–H and O–H groups in total. The van der Waals surface area contributed by atoms with E-state index in [9.17, 15) is 0 Å². The molecule has 0 amide bonds. The monoisotopic (exact) mass is 275 g/mol. The van der Waals surface area contributed by atoms with Gasteiger partial charge < -0.3 is 16.3 Å². The third kappa shape index (κ3) is 3.97. The van der Waals surface area contributed by atoms with Gasteiger partial charge in [0, 0.05) is 12.1 Å². The summed E-state index contributed by atoms with van der Waals surface area (Å²) in [6.45, 7) is 4.35. The highest BCUT2D eigenvalue weighted by molar-refractivity contribution is 5.96. The largest absolute Gasteiger partial charge is 0.409 e. The Morgan fingerprint density at radius 2 is 2.00 bits per heavy atom. The van der Waals surface area contributed by atoms with Crippen molar-refractivity contribution in [2.24, 2.45) is 22.7 Å². The Kier molecular flexibility index (Phi) is 5.41. The zero-order chi connectivity index (χ0) is 14.4. The van der Waals surface area contributed by atoms with E-state index in [1.165, 1.54) is 31.2 Å². The molecule has 1 saturated carbocycles. The van der Waals surface area contributed by atoms with E-state index in [0.717, 1.165) is 30.5 Å². The fourth-order valence-corrected chi connectivity index (χ4v) is 2.95. The molecule has 4 nitrogen and oxygen atoms in total. The molecule has 4 heteroatoms. The molecule has 1 fully saturated rings.